The SMILES string of the molecule is C=C(C)C(=O)CC(C)(C)C(C)(C)OC(C)=O.COC(C)=O.c1ccc2ccccc2c1. The lowest BCUT2D eigenvalue weighted by Gasteiger charge is -2.40. The molecule has 0 radical (unpaired) electrons. The van der Waals surface area contributed by atoms with Gasteiger partial charge in [-0.3, -0.25) is 14.4 Å². The maximum Gasteiger partial charge on any atom is 0.303 e. The normalized spacial score (nSPS) is 10.6. The van der Waals surface area contributed by atoms with E-state index < -0.39 is 11.0 Å². The van der Waals surface area contributed by atoms with Crippen molar-refractivity contribution in [1.82, 2.24) is 0 Å². The molecule has 0 N–H and O–H groups in total. The van der Waals surface area contributed by atoms with E-state index >= 15 is 0 Å². The minimum Gasteiger partial charge on any atom is -0.469 e. The van der Waals surface area contributed by atoms with Crippen molar-refractivity contribution in [3.63, 3.8) is 0 Å². The number of carbonyl (C=O) groups excluding carboxylic acids is 3. The van der Waals surface area contributed by atoms with E-state index in [1.165, 1.54) is 31.7 Å². The molecule has 0 aliphatic rings. The molecule has 5 nitrogen and oxygen atoms in total. The Balaban J connectivity index is 0.000000503. The van der Waals surface area contributed by atoms with Crippen molar-refractivity contribution >= 4 is 28.5 Å². The summed E-state index contributed by atoms with van der Waals surface area (Å²) in [5.74, 6) is -0.573. The molecule has 0 bridgehead atoms. The molecule has 0 amide bonds. The number of allylic oxidation sites excluding steroid dienone is 1. The zero-order valence-corrected chi connectivity index (χ0v) is 20.1. The van der Waals surface area contributed by atoms with Crippen molar-refractivity contribution in [1.29, 1.82) is 0 Å². The third-order valence-corrected chi connectivity index (χ3v) is 5.05. The van der Waals surface area contributed by atoms with Crippen LogP contribution < -0.4 is 0 Å². The Labute approximate surface area is 186 Å². The lowest BCUT2D eigenvalue weighted by molar-refractivity contribution is -0.167. The van der Waals surface area contributed by atoms with E-state index in [2.05, 4.69) is 59.8 Å². The van der Waals surface area contributed by atoms with Crippen molar-refractivity contribution < 1.29 is 23.9 Å². The number of methoxy groups -OCH3 is 1. The van der Waals surface area contributed by atoms with E-state index in [-0.39, 0.29) is 17.7 Å². The molecule has 0 atom stereocenters. The Morgan fingerprint density at radius 1 is 0.806 bits per heavy atom. The number of fused-ring (bicyclic) bond motifs is 1. The van der Waals surface area contributed by atoms with Gasteiger partial charge in [-0.15, -0.1) is 0 Å². The fourth-order valence-electron chi connectivity index (χ4n) is 2.40. The first-order valence-electron chi connectivity index (χ1n) is 10.1. The Kier molecular flexibility index (Phi) is 11.5. The summed E-state index contributed by atoms with van der Waals surface area (Å²) in [5, 5.41) is 2.62. The molecule has 31 heavy (non-hydrogen) atoms. The van der Waals surface area contributed by atoms with E-state index in [1.54, 1.807) is 6.92 Å². The molecule has 2 aromatic rings. The van der Waals surface area contributed by atoms with Gasteiger partial charge in [0.25, 0.3) is 0 Å². The van der Waals surface area contributed by atoms with E-state index in [4.69, 9.17) is 4.74 Å². The topological polar surface area (TPSA) is 69.7 Å². The van der Waals surface area contributed by atoms with Crippen LogP contribution in [0.1, 0.15) is 54.9 Å². The molecule has 0 aromatic heterocycles. The summed E-state index contributed by atoms with van der Waals surface area (Å²) in [6.07, 6.45) is 0.322. The second-order valence-corrected chi connectivity index (χ2v) is 8.41. The smallest absolute Gasteiger partial charge is 0.303 e. The van der Waals surface area contributed by atoms with Crippen LogP contribution in [0.3, 0.4) is 0 Å². The molecule has 0 saturated heterocycles. The molecule has 0 unspecified atom stereocenters. The van der Waals surface area contributed by atoms with E-state index in [0.29, 0.717) is 12.0 Å². The molecular formula is C26H36O5. The zero-order valence-electron chi connectivity index (χ0n) is 20.1. The van der Waals surface area contributed by atoms with E-state index in [0.717, 1.165) is 0 Å². The largest absolute Gasteiger partial charge is 0.469 e. The summed E-state index contributed by atoms with van der Waals surface area (Å²) in [6, 6.07) is 16.7. The molecule has 5 heteroatoms. The van der Waals surface area contributed by atoms with Crippen LogP contribution in [0.15, 0.2) is 60.7 Å². The summed E-state index contributed by atoms with van der Waals surface area (Å²) in [4.78, 5) is 32.2. The molecular weight excluding hydrogens is 392 g/mol. The van der Waals surface area contributed by atoms with Gasteiger partial charge in [0, 0.05) is 25.7 Å². The van der Waals surface area contributed by atoms with Crippen LogP contribution in [0.4, 0.5) is 0 Å². The number of ketones is 1. The fraction of sp³-hybridized carbons (Fsp3) is 0.423. The van der Waals surface area contributed by atoms with Gasteiger partial charge in [-0.05, 0) is 37.1 Å². The average molecular weight is 429 g/mol. The Morgan fingerprint density at radius 2 is 1.16 bits per heavy atom. The number of rotatable bonds is 5. The summed E-state index contributed by atoms with van der Waals surface area (Å²) in [5.41, 5.74) is -0.565. The first kappa shape index (κ1) is 28.1. The summed E-state index contributed by atoms with van der Waals surface area (Å²) >= 11 is 0. The number of benzene rings is 2. The maximum absolute atomic E-state index is 11.7. The summed E-state index contributed by atoms with van der Waals surface area (Å²) in [6.45, 7) is 15.5. The third kappa shape index (κ3) is 10.6. The van der Waals surface area contributed by atoms with Crippen LogP contribution in [0.5, 0.6) is 0 Å². The minimum atomic E-state index is -0.677. The van der Waals surface area contributed by atoms with Crippen molar-refractivity contribution in [3.8, 4) is 0 Å². The highest BCUT2D eigenvalue weighted by Gasteiger charge is 2.41. The molecule has 0 aliphatic heterocycles. The van der Waals surface area contributed by atoms with E-state index in [1.807, 2.05) is 27.7 Å². The van der Waals surface area contributed by atoms with Crippen molar-refractivity contribution in [3.05, 3.63) is 60.7 Å². The van der Waals surface area contributed by atoms with Crippen LogP contribution in [-0.2, 0) is 23.9 Å². The van der Waals surface area contributed by atoms with Gasteiger partial charge in [0.15, 0.2) is 5.78 Å². The first-order valence-corrected chi connectivity index (χ1v) is 10.1. The predicted octanol–water partition coefficient (Wildman–Crippen LogP) is 5.91. The average Bonchev–Trinajstić information content (AvgIpc) is 2.67. The van der Waals surface area contributed by atoms with Crippen molar-refractivity contribution in [2.24, 2.45) is 5.41 Å². The van der Waals surface area contributed by atoms with Crippen LogP contribution in [-0.4, -0.2) is 30.4 Å². The standard InChI is InChI=1S/C13H22O3.C10H8.C3H6O2/c1-9(2)11(15)8-12(4,5)13(6,7)16-10(3)14;1-2-6-10-8-4-3-7-9(10)5-1;1-3(4)5-2/h1,8H2,2-7H3;1-8H;1-2H3. The van der Waals surface area contributed by atoms with Gasteiger partial charge >= 0.3 is 11.9 Å². The van der Waals surface area contributed by atoms with Gasteiger partial charge in [-0.2, -0.15) is 0 Å². The van der Waals surface area contributed by atoms with Gasteiger partial charge in [0.05, 0.1) is 7.11 Å². The first-order chi connectivity index (χ1) is 14.2. The molecule has 170 valence electrons. The number of ether oxygens (including phenoxy) is 2. The number of hydrogen-bond donors (Lipinski definition) is 0. The predicted molar refractivity (Wildman–Crippen MR) is 126 cm³/mol. The molecule has 0 spiro atoms. The fourth-order valence-corrected chi connectivity index (χ4v) is 2.40. The molecule has 0 saturated carbocycles. The van der Waals surface area contributed by atoms with Crippen molar-refractivity contribution in [2.75, 3.05) is 7.11 Å². The lowest BCUT2D eigenvalue weighted by Crippen LogP contribution is -2.44. The Hall–Kier alpha value is -2.95. The second-order valence-electron chi connectivity index (χ2n) is 8.41. The minimum absolute atomic E-state index is 0.00484. The van der Waals surface area contributed by atoms with Gasteiger partial charge < -0.3 is 9.47 Å². The molecule has 0 fully saturated rings. The van der Waals surface area contributed by atoms with Gasteiger partial charge in [0.2, 0.25) is 0 Å². The Morgan fingerprint density at radius 3 is 1.42 bits per heavy atom. The Bertz CT molecular complexity index is 828. The summed E-state index contributed by atoms with van der Waals surface area (Å²) < 4.78 is 9.37. The van der Waals surface area contributed by atoms with Crippen LogP contribution in [0.2, 0.25) is 0 Å². The lowest BCUT2D eigenvalue weighted by atomic mass is 9.73. The van der Waals surface area contributed by atoms with Crippen molar-refractivity contribution in [2.45, 2.75) is 60.5 Å². The zero-order chi connectivity index (χ0) is 24.2. The van der Waals surface area contributed by atoms with E-state index in [9.17, 15) is 14.4 Å². The molecule has 2 rings (SSSR count). The summed E-state index contributed by atoms with van der Waals surface area (Å²) in [7, 11) is 1.35. The second kappa shape index (κ2) is 12.7. The number of esters is 2. The quantitative estimate of drug-likeness (QED) is 0.437. The highest BCUT2D eigenvalue weighted by molar-refractivity contribution is 5.94. The molecule has 2 aromatic carbocycles. The molecule has 0 aliphatic carbocycles. The van der Waals surface area contributed by atoms with Crippen LogP contribution in [0, 0.1) is 5.41 Å². The van der Waals surface area contributed by atoms with Crippen LogP contribution in [0.25, 0.3) is 10.8 Å². The highest BCUT2D eigenvalue weighted by atomic mass is 16.6. The van der Waals surface area contributed by atoms with Crippen LogP contribution >= 0.6 is 0 Å². The number of Topliss-reactive ketones (excluding diaryl/α,β-unsaturated/α-hetero) is 1. The number of hydrogen-bond acceptors (Lipinski definition) is 5. The van der Waals surface area contributed by atoms with Gasteiger partial charge in [0.1, 0.15) is 5.60 Å². The maximum atomic E-state index is 11.7. The number of carbonyl (C=O) groups is 3. The van der Waals surface area contributed by atoms with Gasteiger partial charge in [-0.25, -0.2) is 0 Å². The third-order valence-electron chi connectivity index (χ3n) is 5.05. The monoisotopic (exact) mass is 428 g/mol. The highest BCUT2D eigenvalue weighted by Crippen LogP contribution is 2.37. The molecule has 0 heterocycles. The van der Waals surface area contributed by atoms with Gasteiger partial charge in [-0.1, -0.05) is 69.0 Å².